The van der Waals surface area contributed by atoms with Gasteiger partial charge in [0.1, 0.15) is 0 Å². The molecule has 0 bridgehead atoms. The van der Waals surface area contributed by atoms with Gasteiger partial charge in [0, 0.05) is 10.6 Å². The van der Waals surface area contributed by atoms with Crippen LogP contribution in [0.15, 0.2) is 23.1 Å². The molecule has 0 aliphatic rings. The summed E-state index contributed by atoms with van der Waals surface area (Å²) in [6.45, 7) is 3.27. The van der Waals surface area contributed by atoms with E-state index in [1.54, 1.807) is 13.8 Å². The SMILES string of the molecule is C#CC(C)(C)NC(=O)c1cc(Cl)cc(S(N)(=O)=O)c1. The standard InChI is InChI=1S/C12H13ClN2O3S/c1-4-12(2,3)15-11(16)8-5-9(13)7-10(6-8)19(14,17)18/h1,5-7H,2-3H3,(H,15,16)(H2,14,17,18). The lowest BCUT2D eigenvalue weighted by atomic mass is 10.1. The third kappa shape index (κ3) is 4.24. The average molecular weight is 301 g/mol. The van der Waals surface area contributed by atoms with Crippen molar-refractivity contribution in [2.75, 3.05) is 0 Å². The summed E-state index contributed by atoms with van der Waals surface area (Å²) in [7, 11) is -3.94. The summed E-state index contributed by atoms with van der Waals surface area (Å²) >= 11 is 5.76. The number of carbonyl (C=O) groups excluding carboxylic acids is 1. The number of primary sulfonamides is 1. The van der Waals surface area contributed by atoms with Crippen LogP contribution in [0.4, 0.5) is 0 Å². The molecular formula is C12H13ClN2O3S. The zero-order valence-electron chi connectivity index (χ0n) is 10.4. The largest absolute Gasteiger partial charge is 0.336 e. The van der Waals surface area contributed by atoms with Gasteiger partial charge in [0.05, 0.1) is 10.4 Å². The Morgan fingerprint density at radius 2 is 2.00 bits per heavy atom. The molecule has 0 aromatic heterocycles. The monoisotopic (exact) mass is 300 g/mol. The molecule has 1 amide bonds. The van der Waals surface area contributed by atoms with Crippen molar-refractivity contribution in [2.45, 2.75) is 24.3 Å². The molecule has 0 heterocycles. The number of nitrogens with one attached hydrogen (secondary N) is 1. The Kier molecular flexibility index (Phi) is 4.25. The zero-order chi connectivity index (χ0) is 14.8. The molecule has 0 saturated carbocycles. The molecule has 0 saturated heterocycles. The first-order valence-electron chi connectivity index (χ1n) is 5.19. The Bertz CT molecular complexity index is 660. The fourth-order valence-electron chi connectivity index (χ4n) is 1.25. The number of halogens is 1. The van der Waals surface area contributed by atoms with Gasteiger partial charge < -0.3 is 5.32 Å². The second-order valence-corrected chi connectivity index (χ2v) is 6.44. The van der Waals surface area contributed by atoms with Crippen molar-refractivity contribution in [2.24, 2.45) is 5.14 Å². The number of carbonyl (C=O) groups is 1. The van der Waals surface area contributed by atoms with Gasteiger partial charge in [0.2, 0.25) is 10.0 Å². The summed E-state index contributed by atoms with van der Waals surface area (Å²) < 4.78 is 22.5. The second-order valence-electron chi connectivity index (χ2n) is 4.44. The summed E-state index contributed by atoms with van der Waals surface area (Å²) in [6, 6.07) is 3.64. The van der Waals surface area contributed by atoms with Gasteiger partial charge in [-0.2, -0.15) is 0 Å². The highest BCUT2D eigenvalue weighted by Gasteiger charge is 2.20. The minimum Gasteiger partial charge on any atom is -0.336 e. The van der Waals surface area contributed by atoms with E-state index in [4.69, 9.17) is 23.2 Å². The summed E-state index contributed by atoms with van der Waals surface area (Å²) in [5.41, 5.74) is -0.791. The molecule has 1 aromatic rings. The molecule has 0 radical (unpaired) electrons. The zero-order valence-corrected chi connectivity index (χ0v) is 12.0. The third-order valence-electron chi connectivity index (χ3n) is 2.25. The molecule has 0 aliphatic carbocycles. The Morgan fingerprint density at radius 3 is 2.47 bits per heavy atom. The first-order valence-corrected chi connectivity index (χ1v) is 7.11. The average Bonchev–Trinajstić information content (AvgIpc) is 2.26. The molecule has 5 nitrogen and oxygen atoms in total. The Labute approximate surface area is 117 Å². The van der Waals surface area contributed by atoms with Crippen LogP contribution in [0, 0.1) is 12.3 Å². The predicted octanol–water partition coefficient (Wildman–Crippen LogP) is 1.13. The van der Waals surface area contributed by atoms with Gasteiger partial charge in [-0.05, 0) is 32.0 Å². The maximum atomic E-state index is 11.9. The van der Waals surface area contributed by atoms with Crippen molar-refractivity contribution in [1.82, 2.24) is 5.32 Å². The van der Waals surface area contributed by atoms with Gasteiger partial charge in [-0.25, -0.2) is 13.6 Å². The van der Waals surface area contributed by atoms with E-state index in [1.807, 2.05) is 0 Å². The van der Waals surface area contributed by atoms with Crippen LogP contribution >= 0.6 is 11.6 Å². The number of rotatable bonds is 3. The van der Waals surface area contributed by atoms with Gasteiger partial charge >= 0.3 is 0 Å². The molecule has 3 N–H and O–H groups in total. The van der Waals surface area contributed by atoms with Crippen molar-refractivity contribution in [3.8, 4) is 12.3 Å². The van der Waals surface area contributed by atoms with Crippen LogP contribution < -0.4 is 10.5 Å². The van der Waals surface area contributed by atoms with E-state index in [0.29, 0.717) is 0 Å². The topological polar surface area (TPSA) is 89.3 Å². The first-order chi connectivity index (χ1) is 8.55. The Hall–Kier alpha value is -1.55. The number of terminal acetylenes is 1. The molecule has 1 rings (SSSR count). The van der Waals surface area contributed by atoms with Crippen LogP contribution in [-0.2, 0) is 10.0 Å². The summed E-state index contributed by atoms with van der Waals surface area (Å²) in [4.78, 5) is 11.7. The minimum absolute atomic E-state index is 0.0693. The van der Waals surface area contributed by atoms with E-state index in [1.165, 1.54) is 12.1 Å². The normalized spacial score (nSPS) is 11.7. The smallest absolute Gasteiger partial charge is 0.252 e. The molecule has 0 spiro atoms. The van der Waals surface area contributed by atoms with Crippen LogP contribution in [-0.4, -0.2) is 19.9 Å². The minimum atomic E-state index is -3.94. The molecular weight excluding hydrogens is 288 g/mol. The number of hydrogen-bond acceptors (Lipinski definition) is 3. The fraction of sp³-hybridized carbons (Fsp3) is 0.250. The van der Waals surface area contributed by atoms with Crippen LogP contribution in [0.2, 0.25) is 5.02 Å². The molecule has 1 aromatic carbocycles. The summed E-state index contributed by atoms with van der Waals surface area (Å²) in [5, 5.41) is 7.65. The lowest BCUT2D eigenvalue weighted by Gasteiger charge is -2.19. The molecule has 0 fully saturated rings. The number of benzene rings is 1. The maximum absolute atomic E-state index is 11.9. The second kappa shape index (κ2) is 5.21. The lowest BCUT2D eigenvalue weighted by molar-refractivity contribution is 0.0929. The van der Waals surface area contributed by atoms with Gasteiger partial charge in [-0.3, -0.25) is 4.79 Å². The van der Waals surface area contributed by atoms with E-state index < -0.39 is 21.5 Å². The molecule has 7 heteroatoms. The molecule has 102 valence electrons. The first kappa shape index (κ1) is 15.5. The van der Waals surface area contributed by atoms with Gasteiger partial charge in [0.25, 0.3) is 5.91 Å². The van der Waals surface area contributed by atoms with Crippen molar-refractivity contribution in [3.63, 3.8) is 0 Å². The van der Waals surface area contributed by atoms with E-state index in [9.17, 15) is 13.2 Å². The number of sulfonamides is 1. The fourth-order valence-corrected chi connectivity index (χ4v) is 2.13. The van der Waals surface area contributed by atoms with Gasteiger partial charge in [-0.1, -0.05) is 17.5 Å². The van der Waals surface area contributed by atoms with E-state index in [2.05, 4.69) is 11.2 Å². The van der Waals surface area contributed by atoms with E-state index >= 15 is 0 Å². The van der Waals surface area contributed by atoms with Crippen molar-refractivity contribution >= 4 is 27.5 Å². The summed E-state index contributed by atoms with van der Waals surface area (Å²) in [5.74, 6) is 1.86. The van der Waals surface area contributed by atoms with Gasteiger partial charge in [-0.15, -0.1) is 6.42 Å². The maximum Gasteiger partial charge on any atom is 0.252 e. The number of amides is 1. The highest BCUT2D eigenvalue weighted by atomic mass is 35.5. The third-order valence-corrected chi connectivity index (χ3v) is 3.36. The van der Waals surface area contributed by atoms with Crippen LogP contribution in [0.1, 0.15) is 24.2 Å². The van der Waals surface area contributed by atoms with E-state index in [-0.39, 0.29) is 15.5 Å². The van der Waals surface area contributed by atoms with Crippen LogP contribution in [0.25, 0.3) is 0 Å². The highest BCUT2D eigenvalue weighted by Crippen LogP contribution is 2.18. The highest BCUT2D eigenvalue weighted by molar-refractivity contribution is 7.89. The van der Waals surface area contributed by atoms with Crippen molar-refractivity contribution in [1.29, 1.82) is 0 Å². The van der Waals surface area contributed by atoms with Crippen molar-refractivity contribution < 1.29 is 13.2 Å². The van der Waals surface area contributed by atoms with Gasteiger partial charge in [0.15, 0.2) is 0 Å². The van der Waals surface area contributed by atoms with E-state index in [0.717, 1.165) is 6.07 Å². The number of nitrogens with two attached hydrogens (primary N) is 1. The summed E-state index contributed by atoms with van der Waals surface area (Å²) in [6.07, 6.45) is 5.26. The van der Waals surface area contributed by atoms with Crippen LogP contribution in [0.5, 0.6) is 0 Å². The Morgan fingerprint density at radius 1 is 1.42 bits per heavy atom. The molecule has 0 atom stereocenters. The van der Waals surface area contributed by atoms with Crippen molar-refractivity contribution in [3.05, 3.63) is 28.8 Å². The quantitative estimate of drug-likeness (QED) is 0.820. The Balaban J connectivity index is 3.20. The van der Waals surface area contributed by atoms with Crippen LogP contribution in [0.3, 0.4) is 0 Å². The lowest BCUT2D eigenvalue weighted by Crippen LogP contribution is -2.42. The molecule has 0 aliphatic heterocycles. The predicted molar refractivity (Wildman–Crippen MR) is 73.2 cm³/mol. The molecule has 19 heavy (non-hydrogen) atoms. The number of hydrogen-bond donors (Lipinski definition) is 2. The molecule has 0 unspecified atom stereocenters.